The van der Waals surface area contributed by atoms with Crippen LogP contribution in [0.25, 0.3) is 22.3 Å². The number of hydrogen-bond acceptors (Lipinski definition) is 6. The first-order valence-corrected chi connectivity index (χ1v) is 11.4. The van der Waals surface area contributed by atoms with Crippen molar-refractivity contribution in [1.29, 1.82) is 0 Å². The molecule has 2 N–H and O–H groups in total. The summed E-state index contributed by atoms with van der Waals surface area (Å²) in [4.78, 5) is 23.0. The van der Waals surface area contributed by atoms with Gasteiger partial charge in [0.25, 0.3) is 0 Å². The van der Waals surface area contributed by atoms with Gasteiger partial charge in [-0.05, 0) is 62.2 Å². The summed E-state index contributed by atoms with van der Waals surface area (Å²) in [6.45, 7) is 3.17. The van der Waals surface area contributed by atoms with Gasteiger partial charge in [0.1, 0.15) is 29.3 Å². The topological polar surface area (TPSA) is 99.2 Å². The molecule has 0 spiro atoms. The van der Waals surface area contributed by atoms with Gasteiger partial charge in [0, 0.05) is 18.7 Å². The van der Waals surface area contributed by atoms with Crippen molar-refractivity contribution in [2.45, 2.75) is 25.8 Å². The van der Waals surface area contributed by atoms with E-state index >= 15 is 0 Å². The van der Waals surface area contributed by atoms with Gasteiger partial charge in [0.15, 0.2) is 5.65 Å². The summed E-state index contributed by atoms with van der Waals surface area (Å²) in [5.74, 6) is 1.91. The minimum Gasteiger partial charge on any atom is -0.457 e. The Kier molecular flexibility index (Phi) is 5.95. The Bertz CT molecular complexity index is 1330. The van der Waals surface area contributed by atoms with E-state index in [0.717, 1.165) is 47.5 Å². The van der Waals surface area contributed by atoms with Gasteiger partial charge < -0.3 is 15.4 Å². The van der Waals surface area contributed by atoms with Crippen molar-refractivity contribution in [3.05, 3.63) is 73.1 Å². The van der Waals surface area contributed by atoms with E-state index in [1.165, 1.54) is 6.33 Å². The molecular weight excluding hydrogens is 428 g/mol. The lowest BCUT2D eigenvalue weighted by Crippen LogP contribution is -2.40. The molecule has 0 aliphatic carbocycles. The summed E-state index contributed by atoms with van der Waals surface area (Å²) in [7, 11) is 0. The fourth-order valence-electron chi connectivity index (χ4n) is 4.36. The van der Waals surface area contributed by atoms with Crippen molar-refractivity contribution < 1.29 is 9.53 Å². The molecule has 2 aromatic carbocycles. The van der Waals surface area contributed by atoms with Crippen molar-refractivity contribution in [3.8, 4) is 22.8 Å². The van der Waals surface area contributed by atoms with Crippen molar-refractivity contribution >= 4 is 22.8 Å². The Morgan fingerprint density at radius 3 is 2.62 bits per heavy atom. The van der Waals surface area contributed by atoms with Crippen LogP contribution in [0.4, 0.5) is 5.82 Å². The normalized spacial score (nSPS) is 16.3. The minimum atomic E-state index is 0.00851. The van der Waals surface area contributed by atoms with Gasteiger partial charge >= 0.3 is 0 Å². The van der Waals surface area contributed by atoms with Crippen LogP contribution in [0.2, 0.25) is 0 Å². The quantitative estimate of drug-likeness (QED) is 0.442. The third kappa shape index (κ3) is 4.22. The Morgan fingerprint density at radius 1 is 1.09 bits per heavy atom. The molecular formula is C26H26N6O2. The predicted octanol–water partition coefficient (Wildman–Crippen LogP) is 4.61. The van der Waals surface area contributed by atoms with Crippen LogP contribution >= 0.6 is 0 Å². The molecule has 1 aliphatic rings. The highest BCUT2D eigenvalue weighted by molar-refractivity contribution is 5.98. The zero-order chi connectivity index (χ0) is 23.5. The maximum atomic E-state index is 12.4. The van der Waals surface area contributed by atoms with Gasteiger partial charge in [-0.1, -0.05) is 24.3 Å². The SMILES string of the molecule is C/C=C/C(=O)N1CCC[C@H](n2nc(-c3ccc(Oc4ccccc4)cc3)c3c(N)ncnc32)C1. The van der Waals surface area contributed by atoms with E-state index in [4.69, 9.17) is 15.6 Å². The van der Waals surface area contributed by atoms with Crippen LogP contribution in [0.5, 0.6) is 11.5 Å². The number of aromatic nitrogens is 4. The number of nitrogens with zero attached hydrogens (tertiary/aromatic N) is 5. The van der Waals surface area contributed by atoms with E-state index in [9.17, 15) is 4.79 Å². The number of fused-ring (bicyclic) bond motifs is 1. The summed E-state index contributed by atoms with van der Waals surface area (Å²) in [5.41, 5.74) is 8.57. The maximum absolute atomic E-state index is 12.4. The highest BCUT2D eigenvalue weighted by Crippen LogP contribution is 2.34. The predicted molar refractivity (Wildman–Crippen MR) is 131 cm³/mol. The number of para-hydroxylation sites is 1. The number of benzene rings is 2. The van der Waals surface area contributed by atoms with Crippen LogP contribution in [-0.2, 0) is 4.79 Å². The van der Waals surface area contributed by atoms with E-state index in [2.05, 4.69) is 9.97 Å². The fourth-order valence-corrected chi connectivity index (χ4v) is 4.36. The van der Waals surface area contributed by atoms with Gasteiger partial charge in [-0.25, -0.2) is 14.6 Å². The second-order valence-electron chi connectivity index (χ2n) is 8.27. The Labute approximate surface area is 197 Å². The van der Waals surface area contributed by atoms with Crippen LogP contribution in [0.1, 0.15) is 25.8 Å². The molecule has 4 aromatic rings. The zero-order valence-corrected chi connectivity index (χ0v) is 19.0. The number of likely N-dealkylation sites (tertiary alicyclic amines) is 1. The second-order valence-corrected chi connectivity index (χ2v) is 8.27. The molecule has 0 radical (unpaired) electrons. The van der Waals surface area contributed by atoms with E-state index in [-0.39, 0.29) is 11.9 Å². The number of carbonyl (C=O) groups is 1. The smallest absolute Gasteiger partial charge is 0.246 e. The molecule has 3 heterocycles. The highest BCUT2D eigenvalue weighted by atomic mass is 16.5. The molecule has 5 rings (SSSR count). The van der Waals surface area contributed by atoms with Crippen LogP contribution in [0.3, 0.4) is 0 Å². The first-order chi connectivity index (χ1) is 16.6. The number of allylic oxidation sites excluding steroid dienone is 1. The number of hydrogen-bond donors (Lipinski definition) is 1. The van der Waals surface area contributed by atoms with Gasteiger partial charge in [-0.3, -0.25) is 4.79 Å². The Morgan fingerprint density at radius 2 is 1.85 bits per heavy atom. The van der Waals surface area contributed by atoms with Gasteiger partial charge in [0.05, 0.1) is 11.4 Å². The molecule has 0 saturated carbocycles. The van der Waals surface area contributed by atoms with Gasteiger partial charge in [-0.2, -0.15) is 5.10 Å². The van der Waals surface area contributed by atoms with Gasteiger partial charge in [-0.15, -0.1) is 0 Å². The molecule has 1 aliphatic heterocycles. The van der Waals surface area contributed by atoms with Crippen LogP contribution in [-0.4, -0.2) is 43.6 Å². The van der Waals surface area contributed by atoms with Gasteiger partial charge in [0.2, 0.25) is 5.91 Å². The maximum Gasteiger partial charge on any atom is 0.246 e. The Balaban J connectivity index is 1.49. The average Bonchev–Trinajstić information content (AvgIpc) is 3.26. The highest BCUT2D eigenvalue weighted by Gasteiger charge is 2.28. The first-order valence-electron chi connectivity index (χ1n) is 11.4. The molecule has 1 atom stereocenters. The molecule has 1 fully saturated rings. The summed E-state index contributed by atoms with van der Waals surface area (Å²) >= 11 is 0. The molecule has 8 heteroatoms. The third-order valence-corrected chi connectivity index (χ3v) is 5.99. The lowest BCUT2D eigenvalue weighted by molar-refractivity contribution is -0.127. The zero-order valence-electron chi connectivity index (χ0n) is 19.0. The van der Waals surface area contributed by atoms with Crippen LogP contribution < -0.4 is 10.5 Å². The van der Waals surface area contributed by atoms with E-state index in [0.29, 0.717) is 18.0 Å². The van der Waals surface area contributed by atoms with E-state index in [1.54, 1.807) is 12.2 Å². The van der Waals surface area contributed by atoms with Crippen molar-refractivity contribution in [1.82, 2.24) is 24.6 Å². The standard InChI is InChI=1S/C26H26N6O2/c1-2-7-22(33)31-15-6-8-19(16-31)32-26-23(25(27)28-17-29-26)24(30-32)18-11-13-21(14-12-18)34-20-9-4-3-5-10-20/h2-5,7,9-14,17,19H,6,8,15-16H2,1H3,(H2,27,28,29)/b7-2+/t19-/m0/s1. The van der Waals surface area contributed by atoms with Crippen LogP contribution in [0, 0.1) is 0 Å². The molecule has 1 saturated heterocycles. The first kappa shape index (κ1) is 21.6. The summed E-state index contributed by atoms with van der Waals surface area (Å²) in [6, 6.07) is 17.4. The minimum absolute atomic E-state index is 0.00851. The number of nitrogens with two attached hydrogens (primary N) is 1. The summed E-state index contributed by atoms with van der Waals surface area (Å²) < 4.78 is 7.83. The van der Waals surface area contributed by atoms with Crippen molar-refractivity contribution in [3.63, 3.8) is 0 Å². The number of carbonyl (C=O) groups excluding carboxylic acids is 1. The molecule has 1 amide bonds. The number of nitrogen functional groups attached to an aromatic ring is 1. The molecule has 172 valence electrons. The molecule has 8 nitrogen and oxygen atoms in total. The summed E-state index contributed by atoms with van der Waals surface area (Å²) in [6.07, 6.45) is 6.64. The fraction of sp³-hybridized carbons (Fsp3) is 0.231. The average molecular weight is 455 g/mol. The third-order valence-electron chi connectivity index (χ3n) is 5.99. The number of anilines is 1. The lowest BCUT2D eigenvalue weighted by atomic mass is 10.1. The van der Waals surface area contributed by atoms with E-state index in [1.807, 2.05) is 71.1 Å². The molecule has 2 aromatic heterocycles. The van der Waals surface area contributed by atoms with E-state index < -0.39 is 0 Å². The monoisotopic (exact) mass is 454 g/mol. The summed E-state index contributed by atoms with van der Waals surface area (Å²) in [5, 5.41) is 5.65. The van der Waals surface area contributed by atoms with Crippen molar-refractivity contribution in [2.24, 2.45) is 0 Å². The number of rotatable bonds is 5. The molecule has 34 heavy (non-hydrogen) atoms. The molecule has 0 unspecified atom stereocenters. The largest absolute Gasteiger partial charge is 0.457 e. The second kappa shape index (κ2) is 9.35. The lowest BCUT2D eigenvalue weighted by Gasteiger charge is -2.32. The van der Waals surface area contributed by atoms with Crippen LogP contribution in [0.15, 0.2) is 73.1 Å². The number of piperidine rings is 1. The molecule has 0 bridgehead atoms. The number of amides is 1. The Hall–Kier alpha value is -4.20. The van der Waals surface area contributed by atoms with Crippen molar-refractivity contribution in [2.75, 3.05) is 18.8 Å². The number of ether oxygens (including phenoxy) is 1.